The molecule has 1 rings (SSSR count). The molecule has 1 heterocycles. The summed E-state index contributed by atoms with van der Waals surface area (Å²) in [6, 6.07) is 2.40. The van der Waals surface area contributed by atoms with Crippen LogP contribution in [0.3, 0.4) is 0 Å². The maximum atomic E-state index is 5.55. The summed E-state index contributed by atoms with van der Waals surface area (Å²) in [5, 5.41) is 4.15. The molecule has 0 bridgehead atoms. The first kappa shape index (κ1) is 14.2. The van der Waals surface area contributed by atoms with Crippen molar-refractivity contribution in [1.82, 2.24) is 15.2 Å². The minimum atomic E-state index is 0.352. The molecular weight excluding hydrogens is 216 g/mol. The van der Waals surface area contributed by atoms with Crippen molar-refractivity contribution in [1.29, 1.82) is 0 Å². The molecule has 0 spiro atoms. The molecule has 1 aromatic rings. The quantitative estimate of drug-likeness (QED) is 0.384. The summed E-state index contributed by atoms with van der Waals surface area (Å²) in [7, 11) is 1.97. The maximum Gasteiger partial charge on any atom is 0.0492 e. The van der Waals surface area contributed by atoms with Crippen LogP contribution in [0.25, 0.3) is 0 Å². The highest BCUT2D eigenvalue weighted by atomic mass is 16.5. The van der Waals surface area contributed by atoms with Crippen LogP contribution < -0.4 is 11.3 Å². The van der Waals surface area contributed by atoms with E-state index in [0.29, 0.717) is 6.04 Å². The Labute approximate surface area is 103 Å². The van der Waals surface area contributed by atoms with E-state index in [1.165, 1.54) is 5.69 Å². The van der Waals surface area contributed by atoms with Gasteiger partial charge in [-0.15, -0.1) is 0 Å². The first-order valence-electron chi connectivity index (χ1n) is 6.28. The zero-order chi connectivity index (χ0) is 12.5. The molecule has 0 saturated heterocycles. The number of hydrazine groups is 1. The fourth-order valence-electron chi connectivity index (χ4n) is 1.86. The van der Waals surface area contributed by atoms with Crippen molar-refractivity contribution in [3.05, 3.63) is 18.0 Å². The van der Waals surface area contributed by atoms with Gasteiger partial charge in [0, 0.05) is 38.2 Å². The molecule has 0 radical (unpaired) electrons. The lowest BCUT2D eigenvalue weighted by Crippen LogP contribution is -2.35. The van der Waals surface area contributed by atoms with E-state index in [1.807, 2.05) is 30.9 Å². The smallest absolute Gasteiger partial charge is 0.0492 e. The van der Waals surface area contributed by atoms with E-state index in [4.69, 9.17) is 10.6 Å². The topological polar surface area (TPSA) is 65.1 Å². The largest absolute Gasteiger partial charge is 0.382 e. The van der Waals surface area contributed by atoms with Crippen molar-refractivity contribution in [3.63, 3.8) is 0 Å². The Morgan fingerprint density at radius 2 is 2.35 bits per heavy atom. The Balaban J connectivity index is 2.20. The summed E-state index contributed by atoms with van der Waals surface area (Å²) in [6.07, 6.45) is 5.96. The number of rotatable bonds is 9. The number of hydrogen-bond donors (Lipinski definition) is 2. The highest BCUT2D eigenvalue weighted by Gasteiger charge is 2.08. The molecule has 0 aromatic carbocycles. The van der Waals surface area contributed by atoms with Crippen LogP contribution in [0.2, 0.25) is 0 Å². The lowest BCUT2D eigenvalue weighted by atomic mass is 10.1. The van der Waals surface area contributed by atoms with Crippen LogP contribution >= 0.6 is 0 Å². The third-order valence-electron chi connectivity index (χ3n) is 2.95. The minimum Gasteiger partial charge on any atom is -0.382 e. The monoisotopic (exact) mass is 240 g/mol. The van der Waals surface area contributed by atoms with Gasteiger partial charge in [-0.2, -0.15) is 5.10 Å². The zero-order valence-electron chi connectivity index (χ0n) is 10.9. The van der Waals surface area contributed by atoms with Gasteiger partial charge in [-0.05, 0) is 38.7 Å². The van der Waals surface area contributed by atoms with Crippen LogP contribution in [0, 0.1) is 0 Å². The van der Waals surface area contributed by atoms with Crippen LogP contribution in [0.1, 0.15) is 31.9 Å². The molecule has 3 N–H and O–H groups in total. The molecule has 98 valence electrons. The van der Waals surface area contributed by atoms with Crippen LogP contribution in [0.15, 0.2) is 12.3 Å². The standard InChI is InChI=1S/C12H24N4O/c1-3-17-10-4-5-11(15-13)6-7-12-8-9-14-16(12)2/h8-9,11,15H,3-7,10,13H2,1-2H3. The van der Waals surface area contributed by atoms with Gasteiger partial charge in [0.1, 0.15) is 0 Å². The van der Waals surface area contributed by atoms with Gasteiger partial charge in [-0.3, -0.25) is 16.0 Å². The van der Waals surface area contributed by atoms with Gasteiger partial charge in [0.05, 0.1) is 0 Å². The molecule has 1 atom stereocenters. The molecule has 0 aliphatic carbocycles. The summed E-state index contributed by atoms with van der Waals surface area (Å²) in [5.74, 6) is 5.55. The predicted octanol–water partition coefficient (Wildman–Crippen LogP) is 1.00. The second-order valence-electron chi connectivity index (χ2n) is 4.19. The first-order valence-corrected chi connectivity index (χ1v) is 6.28. The van der Waals surface area contributed by atoms with Crippen LogP contribution in [-0.4, -0.2) is 29.0 Å². The summed E-state index contributed by atoms with van der Waals surface area (Å²) in [6.45, 7) is 3.62. The highest BCUT2D eigenvalue weighted by molar-refractivity contribution is 5.00. The third kappa shape index (κ3) is 5.30. The lowest BCUT2D eigenvalue weighted by Gasteiger charge is -2.15. The normalized spacial score (nSPS) is 12.9. The molecular formula is C12H24N4O. The Morgan fingerprint density at radius 1 is 1.53 bits per heavy atom. The number of nitrogens with two attached hydrogens (primary N) is 1. The van der Waals surface area contributed by atoms with E-state index in [-0.39, 0.29) is 0 Å². The first-order chi connectivity index (χ1) is 8.27. The number of nitrogens with zero attached hydrogens (tertiary/aromatic N) is 2. The average Bonchev–Trinajstić information content (AvgIpc) is 2.74. The van der Waals surface area contributed by atoms with Gasteiger partial charge in [0.15, 0.2) is 0 Å². The summed E-state index contributed by atoms with van der Waals surface area (Å²) < 4.78 is 7.23. The van der Waals surface area contributed by atoms with Crippen molar-refractivity contribution < 1.29 is 4.74 Å². The molecule has 0 fully saturated rings. The second-order valence-corrected chi connectivity index (χ2v) is 4.19. The van der Waals surface area contributed by atoms with Gasteiger partial charge < -0.3 is 4.74 Å². The predicted molar refractivity (Wildman–Crippen MR) is 68.4 cm³/mol. The SMILES string of the molecule is CCOCCCC(CCc1ccnn1C)NN. The van der Waals surface area contributed by atoms with Gasteiger partial charge >= 0.3 is 0 Å². The van der Waals surface area contributed by atoms with Crippen molar-refractivity contribution in [2.45, 2.75) is 38.6 Å². The van der Waals surface area contributed by atoms with E-state index in [0.717, 1.165) is 38.9 Å². The fourth-order valence-corrected chi connectivity index (χ4v) is 1.86. The third-order valence-corrected chi connectivity index (χ3v) is 2.95. The number of nitrogens with one attached hydrogen (secondary N) is 1. The highest BCUT2D eigenvalue weighted by Crippen LogP contribution is 2.07. The molecule has 17 heavy (non-hydrogen) atoms. The van der Waals surface area contributed by atoms with Crippen LogP contribution in [0.5, 0.6) is 0 Å². The summed E-state index contributed by atoms with van der Waals surface area (Å²) in [4.78, 5) is 0. The molecule has 5 nitrogen and oxygen atoms in total. The summed E-state index contributed by atoms with van der Waals surface area (Å²) in [5.41, 5.74) is 4.12. The van der Waals surface area contributed by atoms with Crippen molar-refractivity contribution in [2.24, 2.45) is 12.9 Å². The fraction of sp³-hybridized carbons (Fsp3) is 0.750. The number of aromatic nitrogens is 2. The molecule has 5 heteroatoms. The van der Waals surface area contributed by atoms with E-state index in [2.05, 4.69) is 10.5 Å². The number of hydrogen-bond acceptors (Lipinski definition) is 4. The Bertz CT molecular complexity index is 300. The van der Waals surface area contributed by atoms with Gasteiger partial charge in [-0.1, -0.05) is 0 Å². The zero-order valence-corrected chi connectivity index (χ0v) is 10.9. The van der Waals surface area contributed by atoms with Gasteiger partial charge in [0.25, 0.3) is 0 Å². The average molecular weight is 240 g/mol. The van der Waals surface area contributed by atoms with Gasteiger partial charge in [-0.25, -0.2) is 0 Å². The second kappa shape index (κ2) is 8.22. The van der Waals surface area contributed by atoms with E-state index < -0.39 is 0 Å². The van der Waals surface area contributed by atoms with Crippen LogP contribution in [0.4, 0.5) is 0 Å². The Hall–Kier alpha value is -0.910. The molecule has 0 aliphatic rings. The maximum absolute atomic E-state index is 5.55. The molecule has 1 aromatic heterocycles. The van der Waals surface area contributed by atoms with E-state index in [9.17, 15) is 0 Å². The minimum absolute atomic E-state index is 0.352. The Morgan fingerprint density at radius 3 is 2.94 bits per heavy atom. The molecule has 1 unspecified atom stereocenters. The molecule has 0 amide bonds. The molecule has 0 aliphatic heterocycles. The van der Waals surface area contributed by atoms with Crippen LogP contribution in [-0.2, 0) is 18.2 Å². The van der Waals surface area contributed by atoms with Crippen molar-refractivity contribution in [2.75, 3.05) is 13.2 Å². The number of aryl methyl sites for hydroxylation is 2. The summed E-state index contributed by atoms with van der Waals surface area (Å²) >= 11 is 0. The van der Waals surface area contributed by atoms with Crippen molar-refractivity contribution in [3.8, 4) is 0 Å². The number of ether oxygens (including phenoxy) is 1. The van der Waals surface area contributed by atoms with Gasteiger partial charge in [0.2, 0.25) is 0 Å². The van der Waals surface area contributed by atoms with E-state index in [1.54, 1.807) is 0 Å². The van der Waals surface area contributed by atoms with Crippen molar-refractivity contribution >= 4 is 0 Å². The van der Waals surface area contributed by atoms with E-state index >= 15 is 0 Å². The lowest BCUT2D eigenvalue weighted by molar-refractivity contribution is 0.140. The molecule has 0 saturated carbocycles. The Kier molecular flexibility index (Phi) is 6.84.